The number of nitrogens with one attached hydrogen (secondary N) is 1. The van der Waals surface area contributed by atoms with Gasteiger partial charge in [-0.1, -0.05) is 6.07 Å². The van der Waals surface area contributed by atoms with Crippen molar-refractivity contribution in [2.24, 2.45) is 0 Å². The summed E-state index contributed by atoms with van der Waals surface area (Å²) in [5, 5.41) is 0. The molecule has 1 N–H and O–H groups in total. The Morgan fingerprint density at radius 2 is 1.90 bits per heavy atom. The Labute approximate surface area is 125 Å². The summed E-state index contributed by atoms with van der Waals surface area (Å²) < 4.78 is 33.1. The predicted molar refractivity (Wildman–Crippen MR) is 79.7 cm³/mol. The Kier molecular flexibility index (Phi) is 4.74. The lowest BCUT2D eigenvalue weighted by Crippen LogP contribution is -2.53. The monoisotopic (exact) mass is 317 g/mol. The molecule has 1 saturated heterocycles. The third-order valence-corrected chi connectivity index (χ3v) is 5.93. The second kappa shape index (κ2) is 6.02. The van der Waals surface area contributed by atoms with Crippen molar-refractivity contribution in [3.8, 4) is 0 Å². The molecule has 0 unspecified atom stereocenters. The predicted octanol–water partition coefficient (Wildman–Crippen LogP) is 2.37. The summed E-state index contributed by atoms with van der Waals surface area (Å²) in [6.07, 6.45) is 1.20. The van der Waals surface area contributed by atoms with Crippen LogP contribution < -0.4 is 4.72 Å². The third kappa shape index (κ3) is 3.34. The van der Waals surface area contributed by atoms with Gasteiger partial charge in [0.2, 0.25) is 10.0 Å². The first-order valence-electron chi connectivity index (χ1n) is 6.63. The van der Waals surface area contributed by atoms with E-state index in [1.165, 1.54) is 0 Å². The summed E-state index contributed by atoms with van der Waals surface area (Å²) >= 11 is 6.00. The van der Waals surface area contributed by atoms with Crippen LogP contribution in [0.4, 0.5) is 0 Å². The molecule has 1 heterocycles. The molecule has 0 atom stereocenters. The van der Waals surface area contributed by atoms with Crippen molar-refractivity contribution >= 4 is 21.6 Å². The lowest BCUT2D eigenvalue weighted by molar-refractivity contribution is 0.0549. The van der Waals surface area contributed by atoms with Crippen LogP contribution in [0.2, 0.25) is 0 Å². The Morgan fingerprint density at radius 3 is 2.45 bits per heavy atom. The van der Waals surface area contributed by atoms with E-state index < -0.39 is 15.6 Å². The maximum Gasteiger partial charge on any atom is 0.241 e. The first kappa shape index (κ1) is 15.8. The number of benzene rings is 1. The van der Waals surface area contributed by atoms with Gasteiger partial charge in [-0.05, 0) is 49.9 Å². The number of hydrogen-bond acceptors (Lipinski definition) is 3. The molecule has 0 amide bonds. The SMILES string of the molecule is Cc1ccc(S(=O)(=O)NC2(CCl)CCOCC2)cc1C. The molecular formula is C14H20ClNO3S. The van der Waals surface area contributed by atoms with Gasteiger partial charge in [0, 0.05) is 19.1 Å². The van der Waals surface area contributed by atoms with E-state index in [-0.39, 0.29) is 10.8 Å². The van der Waals surface area contributed by atoms with E-state index in [1.807, 2.05) is 19.9 Å². The van der Waals surface area contributed by atoms with Gasteiger partial charge in [-0.3, -0.25) is 0 Å². The highest BCUT2D eigenvalue weighted by Crippen LogP contribution is 2.25. The van der Waals surface area contributed by atoms with Gasteiger partial charge in [0.15, 0.2) is 0 Å². The third-order valence-electron chi connectivity index (χ3n) is 3.85. The van der Waals surface area contributed by atoms with Crippen LogP contribution >= 0.6 is 11.6 Å². The normalized spacial score (nSPS) is 18.9. The minimum Gasteiger partial charge on any atom is -0.381 e. The molecule has 20 heavy (non-hydrogen) atoms. The Morgan fingerprint density at radius 1 is 1.25 bits per heavy atom. The zero-order chi connectivity index (χ0) is 14.8. The summed E-state index contributed by atoms with van der Waals surface area (Å²) in [7, 11) is -3.56. The Bertz CT molecular complexity index is 580. The van der Waals surface area contributed by atoms with Gasteiger partial charge in [-0.2, -0.15) is 0 Å². The van der Waals surface area contributed by atoms with Crippen LogP contribution in [-0.4, -0.2) is 33.1 Å². The number of sulfonamides is 1. The fraction of sp³-hybridized carbons (Fsp3) is 0.571. The topological polar surface area (TPSA) is 55.4 Å². The molecule has 0 saturated carbocycles. The molecule has 2 rings (SSSR count). The number of halogens is 1. The maximum absolute atomic E-state index is 12.5. The molecule has 4 nitrogen and oxygen atoms in total. The molecule has 0 aromatic heterocycles. The average molecular weight is 318 g/mol. The minimum absolute atomic E-state index is 0.250. The quantitative estimate of drug-likeness (QED) is 0.867. The van der Waals surface area contributed by atoms with Gasteiger partial charge in [-0.15, -0.1) is 11.6 Å². The molecule has 0 radical (unpaired) electrons. The van der Waals surface area contributed by atoms with Crippen LogP contribution in [0, 0.1) is 13.8 Å². The highest BCUT2D eigenvalue weighted by Gasteiger charge is 2.36. The van der Waals surface area contributed by atoms with E-state index in [0.717, 1.165) is 11.1 Å². The van der Waals surface area contributed by atoms with Crippen molar-refractivity contribution in [3.63, 3.8) is 0 Å². The molecular weight excluding hydrogens is 298 g/mol. The van der Waals surface area contributed by atoms with Crippen molar-refractivity contribution in [3.05, 3.63) is 29.3 Å². The highest BCUT2D eigenvalue weighted by atomic mass is 35.5. The van der Waals surface area contributed by atoms with Crippen LogP contribution in [0.5, 0.6) is 0 Å². The number of rotatable bonds is 4. The molecule has 112 valence electrons. The molecule has 0 aliphatic carbocycles. The van der Waals surface area contributed by atoms with Gasteiger partial charge in [0.05, 0.1) is 10.4 Å². The van der Waals surface area contributed by atoms with Crippen LogP contribution in [0.25, 0.3) is 0 Å². The van der Waals surface area contributed by atoms with Crippen molar-refractivity contribution in [2.75, 3.05) is 19.1 Å². The summed E-state index contributed by atoms with van der Waals surface area (Å²) in [5.74, 6) is 0.250. The highest BCUT2D eigenvalue weighted by molar-refractivity contribution is 7.89. The van der Waals surface area contributed by atoms with Crippen LogP contribution in [0.15, 0.2) is 23.1 Å². The molecule has 1 aliphatic heterocycles. The molecule has 0 bridgehead atoms. The lowest BCUT2D eigenvalue weighted by atomic mass is 9.94. The Hall–Kier alpha value is -0.620. The lowest BCUT2D eigenvalue weighted by Gasteiger charge is -2.35. The molecule has 6 heteroatoms. The maximum atomic E-state index is 12.5. The van der Waals surface area contributed by atoms with E-state index in [2.05, 4.69) is 4.72 Å². The number of hydrogen-bond donors (Lipinski definition) is 1. The zero-order valence-corrected chi connectivity index (χ0v) is 13.4. The fourth-order valence-electron chi connectivity index (χ4n) is 2.25. The first-order valence-corrected chi connectivity index (χ1v) is 8.65. The van der Waals surface area contributed by atoms with Crippen molar-refractivity contribution in [1.29, 1.82) is 0 Å². The molecule has 1 fully saturated rings. The van der Waals surface area contributed by atoms with Crippen LogP contribution in [-0.2, 0) is 14.8 Å². The van der Waals surface area contributed by atoms with E-state index in [0.29, 0.717) is 26.1 Å². The van der Waals surface area contributed by atoms with Gasteiger partial charge >= 0.3 is 0 Å². The van der Waals surface area contributed by atoms with E-state index >= 15 is 0 Å². The second-order valence-corrected chi connectivity index (χ2v) is 7.33. The summed E-state index contributed by atoms with van der Waals surface area (Å²) in [5.41, 5.74) is 1.43. The van der Waals surface area contributed by atoms with Crippen molar-refractivity contribution in [2.45, 2.75) is 37.1 Å². The van der Waals surface area contributed by atoms with Gasteiger partial charge in [0.25, 0.3) is 0 Å². The van der Waals surface area contributed by atoms with Gasteiger partial charge in [0.1, 0.15) is 0 Å². The fourth-order valence-corrected chi connectivity index (χ4v) is 4.21. The molecule has 1 aromatic rings. The second-order valence-electron chi connectivity index (χ2n) is 5.38. The van der Waals surface area contributed by atoms with Crippen LogP contribution in [0.3, 0.4) is 0 Å². The minimum atomic E-state index is -3.56. The first-order chi connectivity index (χ1) is 9.38. The zero-order valence-electron chi connectivity index (χ0n) is 11.8. The van der Waals surface area contributed by atoms with Crippen molar-refractivity contribution < 1.29 is 13.2 Å². The molecule has 1 aromatic carbocycles. The average Bonchev–Trinajstić information content (AvgIpc) is 2.42. The Balaban J connectivity index is 2.27. The number of ether oxygens (including phenoxy) is 1. The number of alkyl halides is 1. The van der Waals surface area contributed by atoms with E-state index in [1.54, 1.807) is 12.1 Å². The van der Waals surface area contributed by atoms with Crippen LogP contribution in [0.1, 0.15) is 24.0 Å². The van der Waals surface area contributed by atoms with Gasteiger partial charge in [-0.25, -0.2) is 13.1 Å². The number of aryl methyl sites for hydroxylation is 2. The molecule has 0 spiro atoms. The standard InChI is InChI=1S/C14H20ClNO3S/c1-11-3-4-13(9-12(11)2)20(17,18)16-14(10-15)5-7-19-8-6-14/h3-4,9,16H,5-8,10H2,1-2H3. The van der Waals surface area contributed by atoms with E-state index in [4.69, 9.17) is 16.3 Å². The van der Waals surface area contributed by atoms with Gasteiger partial charge < -0.3 is 4.74 Å². The van der Waals surface area contributed by atoms with E-state index in [9.17, 15) is 8.42 Å². The van der Waals surface area contributed by atoms with Crippen molar-refractivity contribution in [1.82, 2.24) is 4.72 Å². The summed E-state index contributed by atoms with van der Waals surface area (Å²) in [6, 6.07) is 5.14. The summed E-state index contributed by atoms with van der Waals surface area (Å²) in [6.45, 7) is 4.92. The summed E-state index contributed by atoms with van der Waals surface area (Å²) in [4.78, 5) is 0.289. The molecule has 1 aliphatic rings. The smallest absolute Gasteiger partial charge is 0.241 e. The largest absolute Gasteiger partial charge is 0.381 e.